The van der Waals surface area contributed by atoms with Crippen LogP contribution in [0.2, 0.25) is 0 Å². The molecule has 0 bridgehead atoms. The molecule has 0 aromatic heterocycles. The molecule has 1 fully saturated rings. The SMILES string of the molecule is CC1CC(C(Cc2cccc3ccccc23)NN)CO1. The Labute approximate surface area is 120 Å². The van der Waals surface area contributed by atoms with Gasteiger partial charge >= 0.3 is 0 Å². The zero-order chi connectivity index (χ0) is 13.9. The molecule has 0 amide bonds. The Balaban J connectivity index is 1.84. The molecule has 3 unspecified atom stereocenters. The van der Waals surface area contributed by atoms with Crippen LogP contribution in [0.1, 0.15) is 18.9 Å². The molecule has 106 valence electrons. The molecule has 1 aliphatic heterocycles. The minimum Gasteiger partial charge on any atom is -0.378 e. The minimum atomic E-state index is 0.269. The molecule has 0 radical (unpaired) electrons. The van der Waals surface area contributed by atoms with E-state index in [1.165, 1.54) is 16.3 Å². The summed E-state index contributed by atoms with van der Waals surface area (Å²) in [5, 5.41) is 2.61. The third-order valence-corrected chi connectivity index (χ3v) is 4.33. The molecule has 0 spiro atoms. The van der Waals surface area contributed by atoms with E-state index in [4.69, 9.17) is 10.6 Å². The zero-order valence-electron chi connectivity index (χ0n) is 11.9. The van der Waals surface area contributed by atoms with Crippen molar-refractivity contribution >= 4 is 10.8 Å². The first-order chi connectivity index (χ1) is 9.78. The maximum absolute atomic E-state index is 5.78. The van der Waals surface area contributed by atoms with Crippen LogP contribution in [-0.2, 0) is 11.2 Å². The van der Waals surface area contributed by atoms with Crippen LogP contribution in [0.3, 0.4) is 0 Å². The highest BCUT2D eigenvalue weighted by Crippen LogP contribution is 2.26. The highest BCUT2D eigenvalue weighted by molar-refractivity contribution is 5.85. The molecule has 0 aliphatic carbocycles. The Bertz CT molecular complexity index is 579. The first-order valence-corrected chi connectivity index (χ1v) is 7.32. The first-order valence-electron chi connectivity index (χ1n) is 7.32. The number of ether oxygens (including phenoxy) is 1. The van der Waals surface area contributed by atoms with Gasteiger partial charge in [-0.15, -0.1) is 0 Å². The van der Waals surface area contributed by atoms with E-state index in [0.717, 1.165) is 19.4 Å². The Morgan fingerprint density at radius 2 is 2.05 bits per heavy atom. The van der Waals surface area contributed by atoms with Crippen LogP contribution >= 0.6 is 0 Å². The Morgan fingerprint density at radius 1 is 1.25 bits per heavy atom. The second-order valence-electron chi connectivity index (χ2n) is 5.76. The normalized spacial score (nSPS) is 24.1. The summed E-state index contributed by atoms with van der Waals surface area (Å²) >= 11 is 0. The van der Waals surface area contributed by atoms with Crippen LogP contribution in [0.4, 0.5) is 0 Å². The average molecular weight is 270 g/mol. The molecule has 0 saturated carbocycles. The van der Waals surface area contributed by atoms with Gasteiger partial charge in [0.15, 0.2) is 0 Å². The van der Waals surface area contributed by atoms with E-state index in [2.05, 4.69) is 54.8 Å². The molecule has 2 aromatic rings. The lowest BCUT2D eigenvalue weighted by Crippen LogP contribution is -2.42. The first kappa shape index (κ1) is 13.6. The summed E-state index contributed by atoms with van der Waals surface area (Å²) in [6.45, 7) is 2.94. The van der Waals surface area contributed by atoms with E-state index < -0.39 is 0 Å². The van der Waals surface area contributed by atoms with Gasteiger partial charge in [0.25, 0.3) is 0 Å². The maximum atomic E-state index is 5.78. The second-order valence-corrected chi connectivity index (χ2v) is 5.76. The Kier molecular flexibility index (Phi) is 4.01. The monoisotopic (exact) mass is 270 g/mol. The molecule has 3 N–H and O–H groups in total. The van der Waals surface area contributed by atoms with Crippen LogP contribution in [0.5, 0.6) is 0 Å². The van der Waals surface area contributed by atoms with Gasteiger partial charge in [-0.2, -0.15) is 0 Å². The Morgan fingerprint density at radius 3 is 2.80 bits per heavy atom. The highest BCUT2D eigenvalue weighted by atomic mass is 16.5. The van der Waals surface area contributed by atoms with Crippen molar-refractivity contribution in [1.82, 2.24) is 5.43 Å². The van der Waals surface area contributed by atoms with Gasteiger partial charge in [-0.05, 0) is 36.1 Å². The van der Waals surface area contributed by atoms with Gasteiger partial charge in [0, 0.05) is 12.0 Å². The molecular formula is C17H22N2O. The van der Waals surface area contributed by atoms with E-state index in [1.807, 2.05) is 0 Å². The molecule has 3 heteroatoms. The van der Waals surface area contributed by atoms with Crippen molar-refractivity contribution in [3.8, 4) is 0 Å². The van der Waals surface area contributed by atoms with Crippen molar-refractivity contribution in [2.75, 3.05) is 6.61 Å². The topological polar surface area (TPSA) is 47.3 Å². The van der Waals surface area contributed by atoms with Crippen molar-refractivity contribution < 1.29 is 4.74 Å². The maximum Gasteiger partial charge on any atom is 0.0551 e. The van der Waals surface area contributed by atoms with Gasteiger partial charge in [0.2, 0.25) is 0 Å². The summed E-state index contributed by atoms with van der Waals surface area (Å²) in [6, 6.07) is 15.3. The van der Waals surface area contributed by atoms with Gasteiger partial charge in [-0.25, -0.2) is 0 Å². The zero-order valence-corrected chi connectivity index (χ0v) is 11.9. The van der Waals surface area contributed by atoms with Crippen LogP contribution in [0.25, 0.3) is 10.8 Å². The predicted molar refractivity (Wildman–Crippen MR) is 82.3 cm³/mol. The molecular weight excluding hydrogens is 248 g/mol. The van der Waals surface area contributed by atoms with Gasteiger partial charge in [0.1, 0.15) is 0 Å². The van der Waals surface area contributed by atoms with E-state index in [1.54, 1.807) is 0 Å². The van der Waals surface area contributed by atoms with Crippen LogP contribution in [0, 0.1) is 5.92 Å². The quantitative estimate of drug-likeness (QED) is 0.663. The highest BCUT2D eigenvalue weighted by Gasteiger charge is 2.29. The third kappa shape index (κ3) is 2.70. The van der Waals surface area contributed by atoms with Crippen molar-refractivity contribution in [2.45, 2.75) is 31.9 Å². The van der Waals surface area contributed by atoms with Gasteiger partial charge in [-0.3, -0.25) is 11.3 Å². The number of hydrazine groups is 1. The van der Waals surface area contributed by atoms with E-state index in [0.29, 0.717) is 12.0 Å². The molecule has 2 aromatic carbocycles. The predicted octanol–water partition coefficient (Wildman–Crippen LogP) is 2.64. The van der Waals surface area contributed by atoms with Gasteiger partial charge < -0.3 is 4.74 Å². The van der Waals surface area contributed by atoms with Crippen molar-refractivity contribution in [1.29, 1.82) is 0 Å². The average Bonchev–Trinajstić information content (AvgIpc) is 2.91. The fourth-order valence-electron chi connectivity index (χ4n) is 3.20. The molecule has 3 rings (SSSR count). The van der Waals surface area contributed by atoms with E-state index in [-0.39, 0.29) is 6.04 Å². The molecule has 1 saturated heterocycles. The number of hydrogen-bond acceptors (Lipinski definition) is 3. The number of benzene rings is 2. The van der Waals surface area contributed by atoms with Gasteiger partial charge in [-0.1, -0.05) is 42.5 Å². The minimum absolute atomic E-state index is 0.269. The summed E-state index contributed by atoms with van der Waals surface area (Å²) in [4.78, 5) is 0. The van der Waals surface area contributed by atoms with E-state index in [9.17, 15) is 0 Å². The number of fused-ring (bicyclic) bond motifs is 1. The van der Waals surface area contributed by atoms with Crippen molar-refractivity contribution in [2.24, 2.45) is 11.8 Å². The fourth-order valence-corrected chi connectivity index (χ4v) is 3.20. The summed E-state index contributed by atoms with van der Waals surface area (Å²) < 4.78 is 5.68. The molecule has 20 heavy (non-hydrogen) atoms. The van der Waals surface area contributed by atoms with Crippen LogP contribution < -0.4 is 11.3 Å². The summed E-state index contributed by atoms with van der Waals surface area (Å²) in [5.41, 5.74) is 4.35. The standard InChI is InChI=1S/C17H22N2O/c1-12-9-15(11-20-12)17(19-18)10-14-7-4-6-13-5-2-3-8-16(13)14/h2-8,12,15,17,19H,9-11,18H2,1H3. The number of nitrogens with one attached hydrogen (secondary N) is 1. The molecule has 3 nitrogen and oxygen atoms in total. The third-order valence-electron chi connectivity index (χ3n) is 4.33. The molecule has 3 atom stereocenters. The lowest BCUT2D eigenvalue weighted by Gasteiger charge is -2.22. The fraction of sp³-hybridized carbons (Fsp3) is 0.412. The summed E-state index contributed by atoms with van der Waals surface area (Å²) in [7, 11) is 0. The molecule has 1 heterocycles. The molecule has 1 aliphatic rings. The smallest absolute Gasteiger partial charge is 0.0551 e. The van der Waals surface area contributed by atoms with Crippen molar-refractivity contribution in [3.05, 3.63) is 48.0 Å². The van der Waals surface area contributed by atoms with Crippen molar-refractivity contribution in [3.63, 3.8) is 0 Å². The number of nitrogens with two attached hydrogens (primary N) is 1. The Hall–Kier alpha value is -1.42. The lowest BCUT2D eigenvalue weighted by atomic mass is 9.90. The second kappa shape index (κ2) is 5.92. The summed E-state index contributed by atoms with van der Waals surface area (Å²) in [6.07, 6.45) is 2.38. The summed E-state index contributed by atoms with van der Waals surface area (Å²) in [5.74, 6) is 6.28. The lowest BCUT2D eigenvalue weighted by molar-refractivity contribution is 0.117. The van der Waals surface area contributed by atoms with Gasteiger partial charge in [0.05, 0.1) is 12.7 Å². The number of hydrogen-bond donors (Lipinski definition) is 2. The number of rotatable bonds is 4. The largest absolute Gasteiger partial charge is 0.378 e. The van der Waals surface area contributed by atoms with E-state index >= 15 is 0 Å². The van der Waals surface area contributed by atoms with Crippen LogP contribution in [0.15, 0.2) is 42.5 Å². The van der Waals surface area contributed by atoms with Crippen LogP contribution in [-0.4, -0.2) is 18.8 Å².